The standard InChI is InChI=1S/C7H10F3NO3/c1-4-6(14,7(8,9)10)2-3-11(4)5(12)13/h4,14H,2-3H2,1H3,(H,12,13)/t4-,6-/m0/s1. The Morgan fingerprint density at radius 3 is 2.29 bits per heavy atom. The molecule has 0 aromatic heterocycles. The lowest BCUT2D eigenvalue weighted by atomic mass is 9.95. The second-order valence-corrected chi connectivity index (χ2v) is 3.32. The average Bonchev–Trinajstić information content (AvgIpc) is 2.28. The lowest BCUT2D eigenvalue weighted by Gasteiger charge is -2.31. The fourth-order valence-electron chi connectivity index (χ4n) is 1.59. The third kappa shape index (κ3) is 1.41. The van der Waals surface area contributed by atoms with Gasteiger partial charge >= 0.3 is 12.3 Å². The smallest absolute Gasteiger partial charge is 0.419 e. The van der Waals surface area contributed by atoms with Crippen LogP contribution in [-0.2, 0) is 0 Å². The summed E-state index contributed by atoms with van der Waals surface area (Å²) in [4.78, 5) is 11.1. The quantitative estimate of drug-likeness (QED) is 0.632. The predicted molar refractivity (Wildman–Crippen MR) is 39.8 cm³/mol. The van der Waals surface area contributed by atoms with Crippen LogP contribution in [0.1, 0.15) is 13.3 Å². The van der Waals surface area contributed by atoms with Crippen LogP contribution in [-0.4, -0.2) is 45.6 Å². The Morgan fingerprint density at radius 2 is 2.07 bits per heavy atom. The monoisotopic (exact) mass is 213 g/mol. The van der Waals surface area contributed by atoms with E-state index in [4.69, 9.17) is 5.11 Å². The van der Waals surface area contributed by atoms with Gasteiger partial charge in [0, 0.05) is 13.0 Å². The van der Waals surface area contributed by atoms with Crippen LogP contribution in [0.5, 0.6) is 0 Å². The van der Waals surface area contributed by atoms with Gasteiger partial charge in [0.25, 0.3) is 0 Å². The normalized spacial score (nSPS) is 33.5. The van der Waals surface area contributed by atoms with E-state index in [-0.39, 0.29) is 6.54 Å². The highest BCUT2D eigenvalue weighted by atomic mass is 19.4. The van der Waals surface area contributed by atoms with Gasteiger partial charge in [0.15, 0.2) is 5.60 Å². The molecule has 2 atom stereocenters. The van der Waals surface area contributed by atoms with Crippen molar-refractivity contribution in [3.63, 3.8) is 0 Å². The third-order valence-corrected chi connectivity index (χ3v) is 2.63. The summed E-state index contributed by atoms with van der Waals surface area (Å²) < 4.78 is 37.1. The van der Waals surface area contributed by atoms with E-state index in [0.29, 0.717) is 4.90 Å². The van der Waals surface area contributed by atoms with Crippen molar-refractivity contribution in [1.82, 2.24) is 4.90 Å². The van der Waals surface area contributed by atoms with E-state index in [9.17, 15) is 23.1 Å². The van der Waals surface area contributed by atoms with Gasteiger partial charge in [0.1, 0.15) is 0 Å². The molecule has 7 heteroatoms. The van der Waals surface area contributed by atoms with Crippen molar-refractivity contribution >= 4 is 6.09 Å². The number of hydrogen-bond acceptors (Lipinski definition) is 2. The molecule has 0 aliphatic carbocycles. The van der Waals surface area contributed by atoms with E-state index in [1.165, 1.54) is 0 Å². The number of likely N-dealkylation sites (tertiary alicyclic amines) is 1. The molecule has 1 fully saturated rings. The molecule has 0 unspecified atom stereocenters. The third-order valence-electron chi connectivity index (χ3n) is 2.63. The minimum Gasteiger partial charge on any atom is -0.465 e. The summed E-state index contributed by atoms with van der Waals surface area (Å²) in [7, 11) is 0. The molecule has 1 aliphatic rings. The Kier molecular flexibility index (Phi) is 2.39. The van der Waals surface area contributed by atoms with E-state index in [1.54, 1.807) is 0 Å². The first kappa shape index (κ1) is 11.1. The van der Waals surface area contributed by atoms with Crippen LogP contribution < -0.4 is 0 Å². The van der Waals surface area contributed by atoms with Crippen molar-refractivity contribution < 1.29 is 28.2 Å². The molecule has 1 amide bonds. The fourth-order valence-corrected chi connectivity index (χ4v) is 1.59. The topological polar surface area (TPSA) is 60.8 Å². The van der Waals surface area contributed by atoms with Gasteiger partial charge in [-0.15, -0.1) is 0 Å². The predicted octanol–water partition coefficient (Wildman–Crippen LogP) is 1.05. The fraction of sp³-hybridized carbons (Fsp3) is 0.857. The summed E-state index contributed by atoms with van der Waals surface area (Å²) in [5.41, 5.74) is -2.91. The Morgan fingerprint density at radius 1 is 1.57 bits per heavy atom. The van der Waals surface area contributed by atoms with Gasteiger partial charge < -0.3 is 15.1 Å². The van der Waals surface area contributed by atoms with Crippen molar-refractivity contribution in [3.05, 3.63) is 0 Å². The van der Waals surface area contributed by atoms with E-state index < -0.39 is 30.3 Å². The van der Waals surface area contributed by atoms with Gasteiger partial charge in [-0.25, -0.2) is 4.79 Å². The maximum Gasteiger partial charge on any atom is 0.419 e. The van der Waals surface area contributed by atoms with Crippen LogP contribution in [0.4, 0.5) is 18.0 Å². The van der Waals surface area contributed by atoms with Crippen LogP contribution in [0, 0.1) is 0 Å². The number of halogens is 3. The second-order valence-electron chi connectivity index (χ2n) is 3.32. The number of carboxylic acid groups (broad SMARTS) is 1. The van der Waals surface area contributed by atoms with Crippen LogP contribution >= 0.6 is 0 Å². The Labute approximate surface area is 77.9 Å². The lowest BCUT2D eigenvalue weighted by molar-refractivity contribution is -0.264. The molecule has 0 spiro atoms. The molecule has 0 bridgehead atoms. The second kappa shape index (κ2) is 3.01. The number of nitrogens with zero attached hydrogens (tertiary/aromatic N) is 1. The average molecular weight is 213 g/mol. The summed E-state index contributed by atoms with van der Waals surface area (Å²) in [6, 6.07) is -1.46. The van der Waals surface area contributed by atoms with Crippen molar-refractivity contribution in [2.45, 2.75) is 31.2 Å². The van der Waals surface area contributed by atoms with Crippen LogP contribution in [0.2, 0.25) is 0 Å². The molecule has 1 rings (SSSR count). The van der Waals surface area contributed by atoms with E-state index in [2.05, 4.69) is 0 Å². The van der Waals surface area contributed by atoms with Crippen molar-refractivity contribution in [1.29, 1.82) is 0 Å². The molecule has 1 saturated heterocycles. The van der Waals surface area contributed by atoms with E-state index in [0.717, 1.165) is 6.92 Å². The molecule has 1 heterocycles. The number of aliphatic hydroxyl groups is 1. The van der Waals surface area contributed by atoms with Gasteiger partial charge in [-0.1, -0.05) is 0 Å². The van der Waals surface area contributed by atoms with Gasteiger partial charge in [-0.3, -0.25) is 0 Å². The number of rotatable bonds is 0. The Balaban J connectivity index is 2.92. The van der Waals surface area contributed by atoms with Crippen molar-refractivity contribution in [2.75, 3.05) is 6.54 Å². The Bertz CT molecular complexity index is 255. The summed E-state index contributed by atoms with van der Waals surface area (Å²) in [6.45, 7) is 0.751. The molecule has 1 aliphatic heterocycles. The molecule has 82 valence electrons. The SMILES string of the molecule is C[C@@H]1N(C(=O)O)CC[C@@]1(O)C(F)(F)F. The maximum absolute atomic E-state index is 12.4. The molecule has 0 aromatic carbocycles. The summed E-state index contributed by atoms with van der Waals surface area (Å²) in [6.07, 6.45) is -6.85. The van der Waals surface area contributed by atoms with Gasteiger partial charge in [0.2, 0.25) is 0 Å². The molecular weight excluding hydrogens is 203 g/mol. The zero-order valence-corrected chi connectivity index (χ0v) is 7.38. The number of amides is 1. The molecule has 0 saturated carbocycles. The first-order valence-corrected chi connectivity index (χ1v) is 3.99. The number of hydrogen-bond donors (Lipinski definition) is 2. The maximum atomic E-state index is 12.4. The van der Waals surface area contributed by atoms with Gasteiger partial charge in [-0.2, -0.15) is 13.2 Å². The molecule has 4 nitrogen and oxygen atoms in total. The highest BCUT2D eigenvalue weighted by Gasteiger charge is 2.62. The minimum absolute atomic E-state index is 0.299. The molecule has 14 heavy (non-hydrogen) atoms. The zero-order chi connectivity index (χ0) is 11.1. The van der Waals surface area contributed by atoms with E-state index >= 15 is 0 Å². The highest BCUT2D eigenvalue weighted by molar-refractivity contribution is 5.66. The molecule has 0 aromatic rings. The van der Waals surface area contributed by atoms with Crippen LogP contribution in [0.15, 0.2) is 0 Å². The Hall–Kier alpha value is -0.980. The molecular formula is C7H10F3NO3. The van der Waals surface area contributed by atoms with Crippen molar-refractivity contribution in [3.8, 4) is 0 Å². The number of carbonyl (C=O) groups is 1. The number of alkyl halides is 3. The first-order valence-electron chi connectivity index (χ1n) is 3.99. The summed E-state index contributed by atoms with van der Waals surface area (Å²) in [5, 5.41) is 17.8. The van der Waals surface area contributed by atoms with Gasteiger partial charge in [0.05, 0.1) is 6.04 Å². The molecule has 2 N–H and O–H groups in total. The zero-order valence-electron chi connectivity index (χ0n) is 7.38. The summed E-state index contributed by atoms with van der Waals surface area (Å²) in [5.74, 6) is 0. The summed E-state index contributed by atoms with van der Waals surface area (Å²) >= 11 is 0. The lowest BCUT2D eigenvalue weighted by Crippen LogP contribution is -2.54. The largest absolute Gasteiger partial charge is 0.465 e. The minimum atomic E-state index is -4.80. The van der Waals surface area contributed by atoms with Crippen LogP contribution in [0.3, 0.4) is 0 Å². The van der Waals surface area contributed by atoms with Crippen LogP contribution in [0.25, 0.3) is 0 Å². The first-order chi connectivity index (χ1) is 6.20. The van der Waals surface area contributed by atoms with E-state index in [1.807, 2.05) is 0 Å². The highest BCUT2D eigenvalue weighted by Crippen LogP contribution is 2.41. The van der Waals surface area contributed by atoms with Gasteiger partial charge in [-0.05, 0) is 6.92 Å². The molecule has 0 radical (unpaired) electrons. The van der Waals surface area contributed by atoms with Crippen molar-refractivity contribution in [2.24, 2.45) is 0 Å².